The second-order valence-electron chi connectivity index (χ2n) is 5.10. The van der Waals surface area contributed by atoms with E-state index in [0.717, 1.165) is 18.7 Å². The van der Waals surface area contributed by atoms with E-state index < -0.39 is 0 Å². The molecule has 1 saturated heterocycles. The fraction of sp³-hybridized carbons (Fsp3) is 0.533. The van der Waals surface area contributed by atoms with Crippen LogP contribution >= 0.6 is 0 Å². The maximum Gasteiger partial charge on any atom is 0.163 e. The second-order valence-corrected chi connectivity index (χ2v) is 5.10. The first-order valence-corrected chi connectivity index (χ1v) is 6.80. The number of carbonyl (C=O) groups excluding carboxylic acids is 1. The third kappa shape index (κ3) is 3.93. The van der Waals surface area contributed by atoms with Crippen LogP contribution in [0.15, 0.2) is 30.3 Å². The molecule has 3 heteroatoms. The quantitative estimate of drug-likeness (QED) is 0.858. The zero-order chi connectivity index (χ0) is 12.8. The van der Waals surface area contributed by atoms with Crippen LogP contribution in [0, 0.1) is 0 Å². The van der Waals surface area contributed by atoms with Crippen molar-refractivity contribution in [3.63, 3.8) is 0 Å². The van der Waals surface area contributed by atoms with E-state index in [4.69, 9.17) is 5.73 Å². The zero-order valence-electron chi connectivity index (χ0n) is 10.8. The lowest BCUT2D eigenvalue weighted by Gasteiger charge is -2.26. The van der Waals surface area contributed by atoms with Gasteiger partial charge in [0.05, 0.1) is 12.6 Å². The number of rotatable bonds is 5. The van der Waals surface area contributed by atoms with Gasteiger partial charge in [-0.3, -0.25) is 9.69 Å². The predicted octanol–water partition coefficient (Wildman–Crippen LogP) is 1.61. The standard InChI is InChI=1S/C15H22N2O/c16-14(11-13-7-3-1-4-8-13)15(18)12-17-9-5-2-6-10-17/h1,3-4,7-8,14H,2,5-6,9-12,16H2/t14-/m1/s1. The topological polar surface area (TPSA) is 46.3 Å². The first kappa shape index (κ1) is 13.2. The number of ketones is 1. The van der Waals surface area contributed by atoms with Crippen molar-refractivity contribution in [1.29, 1.82) is 0 Å². The first-order chi connectivity index (χ1) is 8.75. The van der Waals surface area contributed by atoms with E-state index >= 15 is 0 Å². The van der Waals surface area contributed by atoms with Crippen molar-refractivity contribution in [2.75, 3.05) is 19.6 Å². The largest absolute Gasteiger partial charge is 0.321 e. The van der Waals surface area contributed by atoms with Gasteiger partial charge in [-0.05, 0) is 37.9 Å². The number of benzene rings is 1. The summed E-state index contributed by atoms with van der Waals surface area (Å²) in [6.07, 6.45) is 4.36. The minimum Gasteiger partial charge on any atom is -0.321 e. The van der Waals surface area contributed by atoms with E-state index in [1.165, 1.54) is 19.3 Å². The zero-order valence-corrected chi connectivity index (χ0v) is 10.8. The second kappa shape index (κ2) is 6.66. The van der Waals surface area contributed by atoms with Crippen LogP contribution in [0.25, 0.3) is 0 Å². The smallest absolute Gasteiger partial charge is 0.163 e. The lowest BCUT2D eigenvalue weighted by atomic mass is 10.0. The number of likely N-dealkylation sites (tertiary alicyclic amines) is 1. The molecule has 1 aromatic rings. The van der Waals surface area contributed by atoms with Crippen molar-refractivity contribution in [3.8, 4) is 0 Å². The Labute approximate surface area is 109 Å². The summed E-state index contributed by atoms with van der Waals surface area (Å²) < 4.78 is 0. The van der Waals surface area contributed by atoms with Gasteiger partial charge in [0, 0.05) is 0 Å². The Morgan fingerprint density at radius 3 is 2.50 bits per heavy atom. The molecule has 1 aliphatic heterocycles. The van der Waals surface area contributed by atoms with Crippen LogP contribution < -0.4 is 5.73 Å². The van der Waals surface area contributed by atoms with Crippen molar-refractivity contribution < 1.29 is 4.79 Å². The molecule has 1 aliphatic rings. The van der Waals surface area contributed by atoms with E-state index in [1.54, 1.807) is 0 Å². The summed E-state index contributed by atoms with van der Waals surface area (Å²) in [6.45, 7) is 2.61. The van der Waals surface area contributed by atoms with Gasteiger partial charge in [-0.25, -0.2) is 0 Å². The molecule has 0 aromatic heterocycles. The maximum atomic E-state index is 12.0. The summed E-state index contributed by atoms with van der Waals surface area (Å²) in [5.41, 5.74) is 7.13. The van der Waals surface area contributed by atoms with Crippen LogP contribution in [0.4, 0.5) is 0 Å². The fourth-order valence-electron chi connectivity index (χ4n) is 2.44. The fourth-order valence-corrected chi connectivity index (χ4v) is 2.44. The van der Waals surface area contributed by atoms with Gasteiger partial charge in [-0.1, -0.05) is 36.8 Å². The molecule has 1 atom stereocenters. The van der Waals surface area contributed by atoms with E-state index in [2.05, 4.69) is 4.90 Å². The number of carbonyl (C=O) groups is 1. The van der Waals surface area contributed by atoms with Crippen molar-refractivity contribution >= 4 is 5.78 Å². The summed E-state index contributed by atoms with van der Waals surface area (Å²) in [4.78, 5) is 14.3. The minimum atomic E-state index is -0.366. The molecular weight excluding hydrogens is 224 g/mol. The van der Waals surface area contributed by atoms with Gasteiger partial charge < -0.3 is 5.73 Å². The van der Waals surface area contributed by atoms with Crippen molar-refractivity contribution in [2.24, 2.45) is 5.73 Å². The maximum absolute atomic E-state index is 12.0. The molecule has 2 rings (SSSR count). The highest BCUT2D eigenvalue weighted by atomic mass is 16.1. The number of hydrogen-bond acceptors (Lipinski definition) is 3. The molecule has 1 aromatic carbocycles. The third-order valence-corrected chi connectivity index (χ3v) is 3.54. The van der Waals surface area contributed by atoms with E-state index in [1.807, 2.05) is 30.3 Å². The van der Waals surface area contributed by atoms with Crippen molar-refractivity contribution in [1.82, 2.24) is 4.90 Å². The van der Waals surface area contributed by atoms with Crippen molar-refractivity contribution in [2.45, 2.75) is 31.7 Å². The number of hydrogen-bond donors (Lipinski definition) is 1. The van der Waals surface area contributed by atoms with Gasteiger partial charge in [0.25, 0.3) is 0 Å². The molecule has 0 unspecified atom stereocenters. The summed E-state index contributed by atoms with van der Waals surface area (Å²) in [5, 5.41) is 0. The molecule has 0 aliphatic carbocycles. The van der Waals surface area contributed by atoms with E-state index in [0.29, 0.717) is 13.0 Å². The molecule has 0 saturated carbocycles. The Hall–Kier alpha value is -1.19. The lowest BCUT2D eigenvalue weighted by molar-refractivity contribution is -0.121. The Morgan fingerprint density at radius 1 is 1.17 bits per heavy atom. The molecular formula is C15H22N2O. The Morgan fingerprint density at radius 2 is 1.83 bits per heavy atom. The van der Waals surface area contributed by atoms with Gasteiger partial charge >= 0.3 is 0 Å². The van der Waals surface area contributed by atoms with E-state index in [-0.39, 0.29) is 11.8 Å². The Bertz CT molecular complexity index is 371. The lowest BCUT2D eigenvalue weighted by Crippen LogP contribution is -2.42. The first-order valence-electron chi connectivity index (χ1n) is 6.80. The molecule has 1 fully saturated rings. The SMILES string of the molecule is N[C@H](Cc1ccccc1)C(=O)CN1CCCCC1. The highest BCUT2D eigenvalue weighted by Crippen LogP contribution is 2.09. The van der Waals surface area contributed by atoms with Crippen LogP contribution in [0.5, 0.6) is 0 Å². The molecule has 0 amide bonds. The van der Waals surface area contributed by atoms with Crippen LogP contribution in [0.1, 0.15) is 24.8 Å². The minimum absolute atomic E-state index is 0.167. The van der Waals surface area contributed by atoms with Gasteiger partial charge in [-0.2, -0.15) is 0 Å². The monoisotopic (exact) mass is 246 g/mol. The summed E-state index contributed by atoms with van der Waals surface area (Å²) in [6, 6.07) is 9.62. The number of piperidine rings is 1. The summed E-state index contributed by atoms with van der Waals surface area (Å²) in [7, 11) is 0. The third-order valence-electron chi connectivity index (χ3n) is 3.54. The number of Topliss-reactive ketones (excluding diaryl/α,β-unsaturated/α-hetero) is 1. The van der Waals surface area contributed by atoms with Crippen LogP contribution in [-0.4, -0.2) is 36.4 Å². The number of nitrogens with two attached hydrogens (primary N) is 1. The molecule has 1 heterocycles. The predicted molar refractivity (Wildman–Crippen MR) is 73.4 cm³/mol. The Balaban J connectivity index is 1.81. The van der Waals surface area contributed by atoms with Gasteiger partial charge in [0.15, 0.2) is 5.78 Å². The average Bonchev–Trinajstić information content (AvgIpc) is 2.41. The number of nitrogens with zero attached hydrogens (tertiary/aromatic N) is 1. The van der Waals surface area contributed by atoms with Crippen LogP contribution in [0.3, 0.4) is 0 Å². The highest BCUT2D eigenvalue weighted by molar-refractivity contribution is 5.85. The van der Waals surface area contributed by atoms with Crippen molar-refractivity contribution in [3.05, 3.63) is 35.9 Å². The van der Waals surface area contributed by atoms with Crippen LogP contribution in [0.2, 0.25) is 0 Å². The van der Waals surface area contributed by atoms with Gasteiger partial charge in [-0.15, -0.1) is 0 Å². The molecule has 18 heavy (non-hydrogen) atoms. The van der Waals surface area contributed by atoms with E-state index in [9.17, 15) is 4.79 Å². The molecule has 98 valence electrons. The van der Waals surface area contributed by atoms with Gasteiger partial charge in [0.2, 0.25) is 0 Å². The molecule has 2 N–H and O–H groups in total. The summed E-state index contributed by atoms with van der Waals surface area (Å²) >= 11 is 0. The normalized spacial score (nSPS) is 18.5. The average molecular weight is 246 g/mol. The van der Waals surface area contributed by atoms with Crippen LogP contribution in [-0.2, 0) is 11.2 Å². The molecule has 3 nitrogen and oxygen atoms in total. The highest BCUT2D eigenvalue weighted by Gasteiger charge is 2.19. The molecule has 0 spiro atoms. The molecule has 0 bridgehead atoms. The summed E-state index contributed by atoms with van der Waals surface area (Å²) in [5.74, 6) is 0.167. The Kier molecular flexibility index (Phi) is 4.90. The molecule has 0 radical (unpaired) electrons. The van der Waals surface area contributed by atoms with Gasteiger partial charge in [0.1, 0.15) is 0 Å².